The Morgan fingerprint density at radius 2 is 1.34 bits per heavy atom. The number of nitrogens with zero attached hydrogens (tertiary/aromatic N) is 2. The molecule has 0 atom stereocenters. The molecule has 1 aromatic heterocycles. The second kappa shape index (κ2) is 13.6. The average Bonchev–Trinajstić information content (AvgIpc) is 3.43. The van der Waals surface area contributed by atoms with Crippen LogP contribution in [0.1, 0.15) is 41.0 Å². The van der Waals surface area contributed by atoms with Crippen LogP contribution in [0.2, 0.25) is 6.04 Å². The molecule has 0 saturated heterocycles. The molecule has 0 aliphatic rings. The molecule has 1 radical (unpaired) electrons. The van der Waals surface area contributed by atoms with Gasteiger partial charge in [0.2, 0.25) is 7.28 Å². The van der Waals surface area contributed by atoms with Crippen molar-refractivity contribution in [1.29, 1.82) is 0 Å². The van der Waals surface area contributed by atoms with E-state index in [-0.39, 0.29) is 9.52 Å². The fourth-order valence-corrected chi connectivity index (χ4v) is 6.65. The van der Waals surface area contributed by atoms with E-state index in [0.29, 0.717) is 5.92 Å². The summed E-state index contributed by atoms with van der Waals surface area (Å²) in [5, 5.41) is 0. The number of hydrogen-bond acceptors (Lipinski definition) is 1. The first-order valence-corrected chi connectivity index (χ1v) is 15.6. The van der Waals surface area contributed by atoms with Crippen LogP contribution in [0.15, 0.2) is 134 Å². The Morgan fingerprint density at radius 3 is 1.97 bits per heavy atom. The van der Waals surface area contributed by atoms with E-state index in [9.17, 15) is 0 Å². The van der Waals surface area contributed by atoms with Crippen molar-refractivity contribution in [3.05, 3.63) is 156 Å². The Bertz CT molecular complexity index is 1360. The molecule has 5 rings (SSSR count). The summed E-state index contributed by atoms with van der Waals surface area (Å²) < 4.78 is 2.35. The van der Waals surface area contributed by atoms with Gasteiger partial charge in [0.15, 0.2) is 0 Å². The molecule has 0 N–H and O–H groups in total. The Hall–Kier alpha value is -3.89. The van der Waals surface area contributed by atoms with Crippen molar-refractivity contribution >= 4 is 34.1 Å². The van der Waals surface area contributed by atoms with E-state index >= 15 is 0 Å². The van der Waals surface area contributed by atoms with E-state index in [4.69, 9.17) is 4.98 Å². The summed E-state index contributed by atoms with van der Waals surface area (Å²) in [6.45, 7) is 0. The summed E-state index contributed by atoms with van der Waals surface area (Å²) in [6.07, 6.45) is 9.89. The smallest absolute Gasteiger partial charge is 0.241 e. The minimum absolute atomic E-state index is 0.252. The lowest BCUT2D eigenvalue weighted by Gasteiger charge is -2.18. The maximum Gasteiger partial charge on any atom is 0.241 e. The third kappa shape index (κ3) is 7.11. The summed E-state index contributed by atoms with van der Waals surface area (Å²) in [5.74, 6) is 0.472. The first-order valence-electron chi connectivity index (χ1n) is 13.6. The maximum atomic E-state index is 4.72. The highest BCUT2D eigenvalue weighted by atomic mass is 28.2. The van der Waals surface area contributed by atoms with Gasteiger partial charge in [-0.2, -0.15) is 0 Å². The molecule has 5 aromatic rings. The highest BCUT2D eigenvalue weighted by Gasteiger charge is 2.14. The third-order valence-electron chi connectivity index (χ3n) is 7.06. The Kier molecular flexibility index (Phi) is 9.21. The lowest BCUT2D eigenvalue weighted by Crippen LogP contribution is -2.29. The van der Waals surface area contributed by atoms with Crippen molar-refractivity contribution < 1.29 is 0 Å². The van der Waals surface area contributed by atoms with Crippen LogP contribution in [0.25, 0.3) is 11.5 Å². The second-order valence-corrected chi connectivity index (χ2v) is 11.6. The van der Waals surface area contributed by atoms with Gasteiger partial charge in [-0.3, -0.25) is 4.98 Å². The monoisotopic (exact) mass is 509 g/mol. The van der Waals surface area contributed by atoms with E-state index < -0.39 is 0 Å². The topological polar surface area (TPSA) is 17.8 Å². The van der Waals surface area contributed by atoms with Gasteiger partial charge < -0.3 is 4.57 Å². The summed E-state index contributed by atoms with van der Waals surface area (Å²) >= 11 is 0. The fraction of sp³-hybridized carbons (Fsp3) is 0.147. The van der Waals surface area contributed by atoms with Crippen molar-refractivity contribution in [3.8, 4) is 0 Å². The van der Waals surface area contributed by atoms with Crippen molar-refractivity contribution in [1.82, 2.24) is 9.55 Å². The molecule has 4 aromatic carbocycles. The van der Waals surface area contributed by atoms with E-state index in [2.05, 4.69) is 145 Å². The lowest BCUT2D eigenvalue weighted by atomic mass is 9.65. The lowest BCUT2D eigenvalue weighted by molar-refractivity contribution is 0.694. The number of rotatable bonds is 12. The molecule has 0 fully saturated rings. The zero-order valence-electron chi connectivity index (χ0n) is 21.9. The minimum atomic E-state index is -0.252. The minimum Gasteiger partial charge on any atom is -0.347 e. The van der Waals surface area contributed by atoms with Crippen molar-refractivity contribution in [2.24, 2.45) is 0 Å². The largest absolute Gasteiger partial charge is 0.347 e. The highest BCUT2D eigenvalue weighted by Crippen LogP contribution is 2.29. The summed E-state index contributed by atoms with van der Waals surface area (Å²) in [4.78, 5) is 4.72. The normalized spacial score (nSPS) is 11.9. The second-order valence-electron chi connectivity index (χ2n) is 9.72. The molecule has 1 heterocycles. The Balaban J connectivity index is 1.21. The van der Waals surface area contributed by atoms with Crippen LogP contribution in [0, 0.1) is 0 Å². The first kappa shape index (κ1) is 25.7. The molecule has 38 heavy (non-hydrogen) atoms. The molecule has 0 spiro atoms. The molecule has 2 nitrogen and oxygen atoms in total. The Morgan fingerprint density at radius 1 is 0.763 bits per heavy atom. The molecular formula is C34H34BN2Si. The van der Waals surface area contributed by atoms with Crippen LogP contribution >= 0.6 is 0 Å². The van der Waals surface area contributed by atoms with Crippen LogP contribution in [-0.2, 0) is 6.17 Å². The third-order valence-corrected chi connectivity index (χ3v) is 8.85. The van der Waals surface area contributed by atoms with Crippen LogP contribution in [0.3, 0.4) is 0 Å². The molecule has 0 unspecified atom stereocenters. The highest BCUT2D eigenvalue weighted by molar-refractivity contribution is 6.73. The number of benzene rings is 4. The van der Waals surface area contributed by atoms with Gasteiger partial charge in [-0.15, -0.1) is 0 Å². The van der Waals surface area contributed by atoms with Crippen LogP contribution in [-0.4, -0.2) is 26.4 Å². The summed E-state index contributed by atoms with van der Waals surface area (Å²) in [5.41, 5.74) is 7.46. The molecule has 4 heteroatoms. The molecule has 0 aliphatic carbocycles. The number of imidazole rings is 1. The van der Waals surface area contributed by atoms with Crippen LogP contribution in [0.5, 0.6) is 0 Å². The maximum absolute atomic E-state index is 4.72. The zero-order valence-corrected chi connectivity index (χ0v) is 23.3. The molecule has 0 aliphatic heterocycles. The molecule has 0 bridgehead atoms. The molecule has 187 valence electrons. The SMILES string of the molecule is [B](C(=Cc1ccccc1)c1ccccc1)c1nccn1C[SiH2]CCCC(c1ccccc1)c1ccccc1. The van der Waals surface area contributed by atoms with Crippen LogP contribution in [0.4, 0.5) is 0 Å². The predicted molar refractivity (Wildman–Crippen MR) is 166 cm³/mol. The van der Waals surface area contributed by atoms with Crippen molar-refractivity contribution in [2.45, 2.75) is 31.0 Å². The summed E-state index contributed by atoms with van der Waals surface area (Å²) in [6, 6.07) is 44.4. The standard InChI is InChI=1S/C34H34BN2Si/c1-5-14-28(15-6-1)26-33(31-20-11-4-12-21-31)35-34-36-23-24-37(34)27-38-25-13-22-32(29-16-7-2-8-17-29)30-18-9-3-10-19-30/h1-12,14-21,23-24,26,32H,13,22,25,27,38H2. The van der Waals surface area contributed by atoms with Gasteiger partial charge in [-0.25, -0.2) is 0 Å². The van der Waals surface area contributed by atoms with Gasteiger partial charge in [-0.05, 0) is 28.7 Å². The van der Waals surface area contributed by atoms with Gasteiger partial charge >= 0.3 is 0 Å². The number of hydrogen-bond donors (Lipinski definition) is 0. The predicted octanol–water partition coefficient (Wildman–Crippen LogP) is 6.57. The van der Waals surface area contributed by atoms with Crippen molar-refractivity contribution in [3.63, 3.8) is 0 Å². The number of aromatic nitrogens is 2. The van der Waals surface area contributed by atoms with E-state index in [1.807, 2.05) is 6.20 Å². The fourth-order valence-electron chi connectivity index (χ4n) is 5.06. The van der Waals surface area contributed by atoms with Gasteiger partial charge in [0.1, 0.15) is 0 Å². The van der Waals surface area contributed by atoms with Gasteiger partial charge in [0.05, 0.1) is 5.72 Å². The van der Waals surface area contributed by atoms with E-state index in [1.165, 1.54) is 46.6 Å². The molecule has 0 saturated carbocycles. The van der Waals surface area contributed by atoms with Gasteiger partial charge in [-0.1, -0.05) is 145 Å². The molecule has 0 amide bonds. The van der Waals surface area contributed by atoms with E-state index in [1.54, 1.807) is 0 Å². The zero-order chi connectivity index (χ0) is 25.8. The van der Waals surface area contributed by atoms with Crippen molar-refractivity contribution in [2.75, 3.05) is 0 Å². The Labute approximate surface area is 230 Å². The first-order chi connectivity index (χ1) is 18.9. The molecular weight excluding hydrogens is 475 g/mol. The summed E-state index contributed by atoms with van der Waals surface area (Å²) in [7, 11) is 1.98. The van der Waals surface area contributed by atoms with Gasteiger partial charge in [0.25, 0.3) is 0 Å². The van der Waals surface area contributed by atoms with Gasteiger partial charge in [0, 0.05) is 34.0 Å². The van der Waals surface area contributed by atoms with E-state index in [0.717, 1.165) is 11.9 Å². The average molecular weight is 510 g/mol. The quantitative estimate of drug-likeness (QED) is 0.106. The van der Waals surface area contributed by atoms with Crippen LogP contribution < -0.4 is 5.72 Å².